The normalized spacial score (nSPS) is 10.1. The first kappa shape index (κ1) is 18.4. The van der Waals surface area contributed by atoms with Crippen LogP contribution in [0.25, 0.3) is 0 Å². The van der Waals surface area contributed by atoms with Gasteiger partial charge in [0.05, 0.1) is 23.1 Å². The van der Waals surface area contributed by atoms with Gasteiger partial charge in [0.25, 0.3) is 11.6 Å². The Kier molecular flexibility index (Phi) is 5.67. The number of carboxylic acid groups (broad SMARTS) is 1. The van der Waals surface area contributed by atoms with Crippen molar-refractivity contribution in [1.82, 2.24) is 4.98 Å². The third-order valence-corrected chi connectivity index (χ3v) is 3.96. The van der Waals surface area contributed by atoms with E-state index in [9.17, 15) is 19.7 Å². The molecule has 0 radical (unpaired) electrons. The molecule has 0 unspecified atom stereocenters. The van der Waals surface area contributed by atoms with E-state index in [0.717, 1.165) is 17.4 Å². The van der Waals surface area contributed by atoms with Crippen molar-refractivity contribution in [3.8, 4) is 5.75 Å². The lowest BCUT2D eigenvalue weighted by Crippen LogP contribution is -2.17. The van der Waals surface area contributed by atoms with Gasteiger partial charge in [-0.25, -0.2) is 4.98 Å². The molecule has 1 amide bonds. The molecular weight excluding hydrogens is 374 g/mol. The van der Waals surface area contributed by atoms with Gasteiger partial charge in [0.2, 0.25) is 0 Å². The molecule has 0 fully saturated rings. The number of rotatable bonds is 7. The summed E-state index contributed by atoms with van der Waals surface area (Å²) >= 11 is 6.74. The predicted molar refractivity (Wildman–Crippen MR) is 90.0 cm³/mol. The van der Waals surface area contributed by atoms with Crippen LogP contribution in [0.3, 0.4) is 0 Å². The van der Waals surface area contributed by atoms with Crippen LogP contribution in [-0.2, 0) is 16.0 Å². The molecule has 25 heavy (non-hydrogen) atoms. The standard InChI is InChI=1S/C14H10ClN3O6S/c1-7(24-9-4-2-3-8(5-9)18(22)23)13(21)17-14-16-10(6-11(19)20)12(15)25-14/h2-5H,1,6H2,(H,19,20)(H,16,17,21). The number of non-ortho nitro benzene ring substituents is 1. The van der Waals surface area contributed by atoms with Crippen LogP contribution in [0.4, 0.5) is 10.8 Å². The van der Waals surface area contributed by atoms with E-state index in [1.165, 1.54) is 18.2 Å². The molecular formula is C14H10ClN3O6S. The SMILES string of the molecule is C=C(Oc1cccc([N+](=O)[O-])c1)C(=O)Nc1nc(CC(=O)O)c(Cl)s1. The summed E-state index contributed by atoms with van der Waals surface area (Å²) < 4.78 is 5.32. The Labute approximate surface area is 149 Å². The molecule has 0 spiro atoms. The van der Waals surface area contributed by atoms with Crippen LogP contribution >= 0.6 is 22.9 Å². The molecule has 1 aromatic heterocycles. The third-order valence-electron chi connectivity index (χ3n) is 2.71. The second-order valence-corrected chi connectivity index (χ2v) is 6.14. The highest BCUT2D eigenvalue weighted by molar-refractivity contribution is 7.19. The van der Waals surface area contributed by atoms with Gasteiger partial charge >= 0.3 is 5.97 Å². The Balaban J connectivity index is 2.03. The molecule has 1 heterocycles. The number of nitro benzene ring substituents is 1. The first-order valence-electron chi connectivity index (χ1n) is 6.56. The topological polar surface area (TPSA) is 132 Å². The fourth-order valence-corrected chi connectivity index (χ4v) is 2.69. The minimum atomic E-state index is -1.11. The van der Waals surface area contributed by atoms with E-state index in [4.69, 9.17) is 21.4 Å². The van der Waals surface area contributed by atoms with Gasteiger partial charge < -0.3 is 9.84 Å². The highest BCUT2D eigenvalue weighted by atomic mass is 35.5. The van der Waals surface area contributed by atoms with Gasteiger partial charge in [0.15, 0.2) is 10.9 Å². The molecule has 0 atom stereocenters. The van der Waals surface area contributed by atoms with E-state index in [2.05, 4.69) is 16.9 Å². The summed E-state index contributed by atoms with van der Waals surface area (Å²) in [6, 6.07) is 5.25. The van der Waals surface area contributed by atoms with Crippen molar-refractivity contribution < 1.29 is 24.4 Å². The van der Waals surface area contributed by atoms with Crippen molar-refractivity contribution in [2.24, 2.45) is 0 Å². The number of thiazole rings is 1. The van der Waals surface area contributed by atoms with Gasteiger partial charge in [-0.05, 0) is 6.07 Å². The van der Waals surface area contributed by atoms with Crippen LogP contribution < -0.4 is 10.1 Å². The minimum absolute atomic E-state index is 0.0677. The molecule has 0 aliphatic carbocycles. The lowest BCUT2D eigenvalue weighted by molar-refractivity contribution is -0.384. The fourth-order valence-electron chi connectivity index (χ4n) is 1.65. The molecule has 0 aliphatic rings. The van der Waals surface area contributed by atoms with Crippen LogP contribution in [0.5, 0.6) is 5.75 Å². The van der Waals surface area contributed by atoms with E-state index < -0.39 is 16.8 Å². The first-order chi connectivity index (χ1) is 11.8. The van der Waals surface area contributed by atoms with Crippen LogP contribution in [0.15, 0.2) is 36.6 Å². The zero-order chi connectivity index (χ0) is 18.6. The molecule has 2 N–H and O–H groups in total. The Bertz CT molecular complexity index is 866. The maximum Gasteiger partial charge on any atom is 0.309 e. The van der Waals surface area contributed by atoms with Crippen LogP contribution in [-0.4, -0.2) is 26.9 Å². The molecule has 11 heteroatoms. The molecule has 130 valence electrons. The monoisotopic (exact) mass is 383 g/mol. The van der Waals surface area contributed by atoms with Gasteiger partial charge in [-0.1, -0.05) is 35.6 Å². The molecule has 0 bridgehead atoms. The maximum atomic E-state index is 12.0. The molecule has 2 rings (SSSR count). The number of nitro groups is 1. The second kappa shape index (κ2) is 7.73. The zero-order valence-electron chi connectivity index (χ0n) is 12.4. The number of carbonyl (C=O) groups is 2. The van der Waals surface area contributed by atoms with E-state index in [1.54, 1.807) is 0 Å². The van der Waals surface area contributed by atoms with Crippen molar-refractivity contribution in [3.63, 3.8) is 0 Å². The smallest absolute Gasteiger partial charge is 0.309 e. The number of aliphatic carboxylic acids is 1. The summed E-state index contributed by atoms with van der Waals surface area (Å²) in [7, 11) is 0. The number of anilines is 1. The van der Waals surface area contributed by atoms with E-state index in [-0.39, 0.29) is 38.8 Å². The summed E-state index contributed by atoms with van der Waals surface area (Å²) in [5.74, 6) is -2.12. The van der Waals surface area contributed by atoms with Crippen LogP contribution in [0.2, 0.25) is 4.34 Å². The molecule has 9 nitrogen and oxygen atoms in total. The van der Waals surface area contributed by atoms with E-state index in [0.29, 0.717) is 0 Å². The first-order valence-corrected chi connectivity index (χ1v) is 7.75. The largest absolute Gasteiger partial charge is 0.481 e. The van der Waals surface area contributed by atoms with Crippen LogP contribution in [0, 0.1) is 10.1 Å². The number of hydrogen-bond donors (Lipinski definition) is 2. The van der Waals surface area contributed by atoms with Gasteiger partial charge in [-0.3, -0.25) is 25.0 Å². The van der Waals surface area contributed by atoms with Crippen molar-refractivity contribution in [2.45, 2.75) is 6.42 Å². The molecule has 0 aliphatic heterocycles. The van der Waals surface area contributed by atoms with Crippen molar-refractivity contribution in [1.29, 1.82) is 0 Å². The summed E-state index contributed by atoms with van der Waals surface area (Å²) in [6.07, 6.45) is -0.379. The molecule has 0 saturated carbocycles. The summed E-state index contributed by atoms with van der Waals surface area (Å²) in [5.41, 5.74) is -0.0737. The van der Waals surface area contributed by atoms with Crippen molar-refractivity contribution in [2.75, 3.05) is 5.32 Å². The number of ether oxygens (including phenoxy) is 1. The summed E-state index contributed by atoms with van der Waals surface area (Å²) in [6.45, 7) is 3.44. The number of nitrogens with zero attached hydrogens (tertiary/aromatic N) is 2. The average molecular weight is 384 g/mol. The number of aromatic nitrogens is 1. The zero-order valence-corrected chi connectivity index (χ0v) is 14.0. The third kappa shape index (κ3) is 4.99. The fraction of sp³-hybridized carbons (Fsp3) is 0.0714. The van der Waals surface area contributed by atoms with Crippen LogP contribution in [0.1, 0.15) is 5.69 Å². The Morgan fingerprint density at radius 3 is 2.84 bits per heavy atom. The summed E-state index contributed by atoms with van der Waals surface area (Å²) in [5, 5.41) is 21.9. The number of hydrogen-bond acceptors (Lipinski definition) is 7. The van der Waals surface area contributed by atoms with Crippen molar-refractivity contribution in [3.05, 3.63) is 56.7 Å². The Hall–Kier alpha value is -2.98. The van der Waals surface area contributed by atoms with Crippen molar-refractivity contribution >= 4 is 45.6 Å². The number of benzene rings is 1. The van der Waals surface area contributed by atoms with E-state index >= 15 is 0 Å². The predicted octanol–water partition coefficient (Wildman–Crippen LogP) is 2.86. The quantitative estimate of drug-likeness (QED) is 0.325. The highest BCUT2D eigenvalue weighted by Crippen LogP contribution is 2.29. The van der Waals surface area contributed by atoms with Gasteiger partial charge in [0.1, 0.15) is 10.1 Å². The molecule has 2 aromatic rings. The maximum absolute atomic E-state index is 12.0. The number of amides is 1. The lowest BCUT2D eigenvalue weighted by atomic mass is 10.3. The summed E-state index contributed by atoms with van der Waals surface area (Å²) in [4.78, 5) is 36.7. The Morgan fingerprint density at radius 1 is 1.48 bits per heavy atom. The number of halogens is 1. The molecule has 1 aromatic carbocycles. The average Bonchev–Trinajstić information content (AvgIpc) is 2.86. The van der Waals surface area contributed by atoms with Gasteiger partial charge in [-0.15, -0.1) is 0 Å². The minimum Gasteiger partial charge on any atom is -0.481 e. The second-order valence-electron chi connectivity index (χ2n) is 4.54. The lowest BCUT2D eigenvalue weighted by Gasteiger charge is -2.07. The highest BCUT2D eigenvalue weighted by Gasteiger charge is 2.17. The van der Waals surface area contributed by atoms with Gasteiger partial charge in [-0.2, -0.15) is 0 Å². The van der Waals surface area contributed by atoms with Gasteiger partial charge in [0, 0.05) is 6.07 Å². The number of carboxylic acids is 1. The number of carbonyl (C=O) groups excluding carboxylic acids is 1. The van der Waals surface area contributed by atoms with E-state index in [1.807, 2.05) is 0 Å². The molecule has 0 saturated heterocycles. The Morgan fingerprint density at radius 2 is 2.20 bits per heavy atom. The number of nitrogens with one attached hydrogen (secondary N) is 1.